The quantitative estimate of drug-likeness (QED) is 0.532. The lowest BCUT2D eigenvalue weighted by molar-refractivity contribution is 0.218. The Balaban J connectivity index is 2.37. The zero-order chi connectivity index (χ0) is 16.1. The van der Waals surface area contributed by atoms with Crippen LogP contribution in [0.5, 0.6) is 0 Å². The van der Waals surface area contributed by atoms with Crippen LogP contribution in [0.3, 0.4) is 0 Å². The predicted octanol–water partition coefficient (Wildman–Crippen LogP) is 4.65. The SMILES string of the molecule is COCCSc1nnc(-c2ccc(Cl)cc2Cl)n1CC(C)C. The highest BCUT2D eigenvalue weighted by molar-refractivity contribution is 7.99. The molecule has 0 aliphatic heterocycles. The number of methoxy groups -OCH3 is 1. The van der Waals surface area contributed by atoms with Gasteiger partial charge in [0, 0.05) is 30.0 Å². The van der Waals surface area contributed by atoms with Gasteiger partial charge in [-0.2, -0.15) is 0 Å². The van der Waals surface area contributed by atoms with Crippen LogP contribution in [-0.2, 0) is 11.3 Å². The summed E-state index contributed by atoms with van der Waals surface area (Å²) in [7, 11) is 1.69. The number of hydrogen-bond donors (Lipinski definition) is 0. The molecule has 4 nitrogen and oxygen atoms in total. The van der Waals surface area contributed by atoms with E-state index in [-0.39, 0.29) is 0 Å². The van der Waals surface area contributed by atoms with Crippen LogP contribution < -0.4 is 0 Å². The summed E-state index contributed by atoms with van der Waals surface area (Å²) < 4.78 is 7.21. The predicted molar refractivity (Wildman–Crippen MR) is 92.9 cm³/mol. The third-order valence-corrected chi connectivity index (χ3v) is 4.43. The number of thioether (sulfide) groups is 1. The van der Waals surface area contributed by atoms with Crippen molar-refractivity contribution in [1.82, 2.24) is 14.8 Å². The number of nitrogens with zero attached hydrogens (tertiary/aromatic N) is 3. The highest BCUT2D eigenvalue weighted by atomic mass is 35.5. The van der Waals surface area contributed by atoms with Crippen LogP contribution in [0.15, 0.2) is 23.4 Å². The van der Waals surface area contributed by atoms with Crippen molar-refractivity contribution in [2.24, 2.45) is 5.92 Å². The molecule has 0 amide bonds. The number of benzene rings is 1. The first kappa shape index (κ1) is 17.6. The second-order valence-corrected chi connectivity index (χ2v) is 7.18. The fraction of sp³-hybridized carbons (Fsp3) is 0.467. The summed E-state index contributed by atoms with van der Waals surface area (Å²) >= 11 is 13.9. The summed E-state index contributed by atoms with van der Waals surface area (Å²) in [6, 6.07) is 5.43. The molecule has 7 heteroatoms. The Labute approximate surface area is 145 Å². The molecule has 0 aliphatic rings. The van der Waals surface area contributed by atoms with Gasteiger partial charge in [0.1, 0.15) is 0 Å². The first-order valence-electron chi connectivity index (χ1n) is 7.03. The van der Waals surface area contributed by atoms with Crippen molar-refractivity contribution in [3.63, 3.8) is 0 Å². The van der Waals surface area contributed by atoms with Gasteiger partial charge in [-0.15, -0.1) is 10.2 Å². The molecule has 0 spiro atoms. The second kappa shape index (κ2) is 8.20. The Bertz CT molecular complexity index is 631. The zero-order valence-corrected chi connectivity index (χ0v) is 15.2. The van der Waals surface area contributed by atoms with E-state index < -0.39 is 0 Å². The molecule has 0 fully saturated rings. The molecule has 0 bridgehead atoms. The third kappa shape index (κ3) is 4.38. The van der Waals surface area contributed by atoms with Gasteiger partial charge >= 0.3 is 0 Å². The van der Waals surface area contributed by atoms with Gasteiger partial charge in [-0.25, -0.2) is 0 Å². The molecule has 0 aliphatic carbocycles. The van der Waals surface area contributed by atoms with Crippen molar-refractivity contribution in [2.75, 3.05) is 19.5 Å². The van der Waals surface area contributed by atoms with Crippen molar-refractivity contribution < 1.29 is 4.74 Å². The van der Waals surface area contributed by atoms with E-state index in [1.54, 1.807) is 24.9 Å². The molecule has 1 aromatic heterocycles. The molecule has 2 aromatic rings. The largest absolute Gasteiger partial charge is 0.384 e. The Morgan fingerprint density at radius 2 is 2.05 bits per heavy atom. The maximum absolute atomic E-state index is 6.32. The third-order valence-electron chi connectivity index (χ3n) is 2.96. The number of halogens is 2. The standard InChI is InChI=1S/C15H19Cl2N3OS/c1-10(2)9-20-14(12-5-4-11(16)8-13(12)17)18-19-15(20)22-7-6-21-3/h4-5,8,10H,6-7,9H2,1-3H3. The minimum absolute atomic E-state index is 0.475. The molecule has 0 radical (unpaired) electrons. The molecule has 0 N–H and O–H groups in total. The van der Waals surface area contributed by atoms with Crippen molar-refractivity contribution in [2.45, 2.75) is 25.5 Å². The van der Waals surface area contributed by atoms with Crippen LogP contribution in [0.1, 0.15) is 13.8 Å². The summed E-state index contributed by atoms with van der Waals surface area (Å²) in [6.07, 6.45) is 0. The first-order valence-corrected chi connectivity index (χ1v) is 8.77. The van der Waals surface area contributed by atoms with E-state index in [4.69, 9.17) is 27.9 Å². The lowest BCUT2D eigenvalue weighted by Gasteiger charge is -2.13. The summed E-state index contributed by atoms with van der Waals surface area (Å²) in [5.74, 6) is 2.08. The summed E-state index contributed by atoms with van der Waals surface area (Å²) in [4.78, 5) is 0. The fourth-order valence-electron chi connectivity index (χ4n) is 2.01. The topological polar surface area (TPSA) is 39.9 Å². The average Bonchev–Trinajstić information content (AvgIpc) is 2.82. The van der Waals surface area contributed by atoms with E-state index in [0.717, 1.165) is 28.8 Å². The number of hydrogen-bond acceptors (Lipinski definition) is 4. The van der Waals surface area contributed by atoms with E-state index in [1.807, 2.05) is 12.1 Å². The molecule has 0 saturated carbocycles. The number of ether oxygens (including phenoxy) is 1. The maximum atomic E-state index is 6.32. The Morgan fingerprint density at radius 1 is 1.27 bits per heavy atom. The van der Waals surface area contributed by atoms with Gasteiger partial charge in [0.2, 0.25) is 0 Å². The van der Waals surface area contributed by atoms with Crippen LogP contribution in [0, 0.1) is 5.92 Å². The van der Waals surface area contributed by atoms with E-state index in [0.29, 0.717) is 22.6 Å². The zero-order valence-electron chi connectivity index (χ0n) is 12.8. The molecule has 2 rings (SSSR count). The molecule has 120 valence electrons. The van der Waals surface area contributed by atoms with Gasteiger partial charge < -0.3 is 9.30 Å². The van der Waals surface area contributed by atoms with Crippen LogP contribution in [0.4, 0.5) is 0 Å². The summed E-state index contributed by atoms with van der Waals surface area (Å²) in [6.45, 7) is 5.83. The van der Waals surface area contributed by atoms with Crippen LogP contribution in [0.25, 0.3) is 11.4 Å². The van der Waals surface area contributed by atoms with E-state index in [2.05, 4.69) is 28.6 Å². The van der Waals surface area contributed by atoms with Gasteiger partial charge in [0.05, 0.1) is 11.6 Å². The number of rotatable bonds is 7. The van der Waals surface area contributed by atoms with Crippen molar-refractivity contribution in [1.29, 1.82) is 0 Å². The highest BCUT2D eigenvalue weighted by Crippen LogP contribution is 2.31. The van der Waals surface area contributed by atoms with Crippen LogP contribution in [-0.4, -0.2) is 34.2 Å². The van der Waals surface area contributed by atoms with Crippen molar-refractivity contribution >= 4 is 35.0 Å². The normalized spacial score (nSPS) is 11.4. The van der Waals surface area contributed by atoms with Crippen molar-refractivity contribution in [3.05, 3.63) is 28.2 Å². The van der Waals surface area contributed by atoms with E-state index in [9.17, 15) is 0 Å². The van der Waals surface area contributed by atoms with E-state index >= 15 is 0 Å². The van der Waals surface area contributed by atoms with Crippen LogP contribution in [0.2, 0.25) is 10.0 Å². The molecule has 0 saturated heterocycles. The minimum atomic E-state index is 0.475. The second-order valence-electron chi connectivity index (χ2n) is 5.28. The van der Waals surface area contributed by atoms with Gasteiger partial charge in [-0.3, -0.25) is 0 Å². The lowest BCUT2D eigenvalue weighted by Crippen LogP contribution is -2.08. The molecule has 1 heterocycles. The Hall–Kier alpha value is -0.750. The lowest BCUT2D eigenvalue weighted by atomic mass is 10.2. The Kier molecular flexibility index (Phi) is 6.56. The fourth-order valence-corrected chi connectivity index (χ4v) is 3.35. The number of aromatic nitrogens is 3. The first-order chi connectivity index (χ1) is 10.5. The molecule has 0 atom stereocenters. The van der Waals surface area contributed by atoms with Gasteiger partial charge in [0.15, 0.2) is 11.0 Å². The summed E-state index contributed by atoms with van der Waals surface area (Å²) in [5.41, 5.74) is 0.845. The average molecular weight is 360 g/mol. The smallest absolute Gasteiger partial charge is 0.191 e. The van der Waals surface area contributed by atoms with Gasteiger partial charge in [0.25, 0.3) is 0 Å². The van der Waals surface area contributed by atoms with E-state index in [1.165, 1.54) is 0 Å². The molecule has 1 aromatic carbocycles. The Morgan fingerprint density at radius 3 is 2.68 bits per heavy atom. The monoisotopic (exact) mass is 359 g/mol. The maximum Gasteiger partial charge on any atom is 0.191 e. The summed E-state index contributed by atoms with van der Waals surface area (Å²) in [5, 5.41) is 10.7. The van der Waals surface area contributed by atoms with Gasteiger partial charge in [-0.1, -0.05) is 48.8 Å². The van der Waals surface area contributed by atoms with Crippen molar-refractivity contribution in [3.8, 4) is 11.4 Å². The molecular weight excluding hydrogens is 341 g/mol. The van der Waals surface area contributed by atoms with Crippen LogP contribution >= 0.6 is 35.0 Å². The molecule has 0 unspecified atom stereocenters. The van der Waals surface area contributed by atoms with Gasteiger partial charge in [-0.05, 0) is 24.1 Å². The molecule has 22 heavy (non-hydrogen) atoms. The minimum Gasteiger partial charge on any atom is -0.384 e. The molecular formula is C15H19Cl2N3OS. The highest BCUT2D eigenvalue weighted by Gasteiger charge is 2.17.